The Morgan fingerprint density at radius 1 is 1.15 bits per heavy atom. The number of carbonyl (C=O) groups is 2. The Morgan fingerprint density at radius 2 is 1.82 bits per heavy atom. The molecule has 2 heterocycles. The van der Waals surface area contributed by atoms with E-state index in [0.717, 1.165) is 49.3 Å². The highest BCUT2D eigenvalue weighted by Gasteiger charge is 2.28. The van der Waals surface area contributed by atoms with Gasteiger partial charge in [0.15, 0.2) is 0 Å². The highest BCUT2D eigenvalue weighted by Crippen LogP contribution is 2.32. The predicted molar refractivity (Wildman–Crippen MR) is 129 cm³/mol. The number of hydrogen-bond donors (Lipinski definition) is 2. The van der Waals surface area contributed by atoms with E-state index in [0.29, 0.717) is 18.0 Å². The first kappa shape index (κ1) is 26.2. The SMILES string of the molecule is CCCC(NC(=O)Cc1cc(F)cc(F)c1)C(=O)Nc1nnc(C(C)(C)CCN2CCCC2)s1. The summed E-state index contributed by atoms with van der Waals surface area (Å²) in [5, 5.41) is 15.1. The molecule has 1 aromatic carbocycles. The topological polar surface area (TPSA) is 87.2 Å². The largest absolute Gasteiger partial charge is 0.344 e. The second-order valence-electron chi connectivity index (χ2n) is 9.45. The highest BCUT2D eigenvalue weighted by atomic mass is 32.1. The number of nitrogens with zero attached hydrogens (tertiary/aromatic N) is 3. The van der Waals surface area contributed by atoms with Gasteiger partial charge >= 0.3 is 0 Å². The molecule has 1 aliphatic rings. The van der Waals surface area contributed by atoms with Gasteiger partial charge in [-0.25, -0.2) is 8.78 Å². The van der Waals surface area contributed by atoms with Crippen molar-refractivity contribution in [3.05, 3.63) is 40.4 Å². The quantitative estimate of drug-likeness (QED) is 0.493. The number of carbonyl (C=O) groups excluding carboxylic acids is 2. The van der Waals surface area contributed by atoms with Crippen molar-refractivity contribution in [1.82, 2.24) is 20.4 Å². The predicted octanol–water partition coefficient (Wildman–Crippen LogP) is 4.05. The van der Waals surface area contributed by atoms with Gasteiger partial charge in [0.2, 0.25) is 16.9 Å². The molecule has 1 aromatic heterocycles. The first-order chi connectivity index (χ1) is 16.2. The maximum atomic E-state index is 13.4. The van der Waals surface area contributed by atoms with Gasteiger partial charge in [0, 0.05) is 11.5 Å². The van der Waals surface area contributed by atoms with Crippen LogP contribution in [-0.2, 0) is 21.4 Å². The highest BCUT2D eigenvalue weighted by molar-refractivity contribution is 7.15. The molecular formula is C24H33F2N5O2S. The summed E-state index contributed by atoms with van der Waals surface area (Å²) in [5.74, 6) is -2.38. The Bertz CT molecular complexity index is 971. The maximum absolute atomic E-state index is 13.4. The van der Waals surface area contributed by atoms with Crippen LogP contribution in [0.5, 0.6) is 0 Å². The number of nitrogens with one attached hydrogen (secondary N) is 2. The number of halogens is 2. The van der Waals surface area contributed by atoms with Crippen LogP contribution in [-0.4, -0.2) is 52.6 Å². The first-order valence-electron chi connectivity index (χ1n) is 11.8. The van der Waals surface area contributed by atoms with E-state index >= 15 is 0 Å². The lowest BCUT2D eigenvalue weighted by atomic mass is 9.90. The van der Waals surface area contributed by atoms with Crippen LogP contribution in [0.4, 0.5) is 13.9 Å². The van der Waals surface area contributed by atoms with E-state index in [4.69, 9.17) is 0 Å². The number of aromatic nitrogens is 2. The minimum Gasteiger partial charge on any atom is -0.344 e. The van der Waals surface area contributed by atoms with Crippen molar-refractivity contribution in [3.8, 4) is 0 Å². The molecule has 34 heavy (non-hydrogen) atoms. The molecule has 0 aliphatic carbocycles. The summed E-state index contributed by atoms with van der Waals surface area (Å²) < 4.78 is 26.8. The van der Waals surface area contributed by atoms with E-state index in [1.165, 1.54) is 24.2 Å². The molecule has 1 aliphatic heterocycles. The van der Waals surface area contributed by atoms with Gasteiger partial charge in [0.05, 0.1) is 6.42 Å². The third-order valence-electron chi connectivity index (χ3n) is 6.00. The smallest absolute Gasteiger partial charge is 0.248 e. The lowest BCUT2D eigenvalue weighted by Crippen LogP contribution is -2.44. The number of benzene rings is 1. The van der Waals surface area contributed by atoms with E-state index in [9.17, 15) is 18.4 Å². The van der Waals surface area contributed by atoms with Crippen molar-refractivity contribution >= 4 is 28.3 Å². The summed E-state index contributed by atoms with van der Waals surface area (Å²) in [4.78, 5) is 27.7. The van der Waals surface area contributed by atoms with Crippen molar-refractivity contribution in [2.75, 3.05) is 25.0 Å². The van der Waals surface area contributed by atoms with Gasteiger partial charge in [0.25, 0.3) is 0 Å². The van der Waals surface area contributed by atoms with Crippen LogP contribution in [0.3, 0.4) is 0 Å². The molecule has 186 valence electrons. The van der Waals surface area contributed by atoms with Crippen LogP contribution in [0.25, 0.3) is 0 Å². The Balaban J connectivity index is 1.57. The first-order valence-corrected chi connectivity index (χ1v) is 12.6. The van der Waals surface area contributed by atoms with Gasteiger partial charge < -0.3 is 10.2 Å². The lowest BCUT2D eigenvalue weighted by Gasteiger charge is -2.24. The zero-order valence-corrected chi connectivity index (χ0v) is 20.8. The zero-order chi connectivity index (χ0) is 24.7. The number of hydrogen-bond acceptors (Lipinski definition) is 6. The van der Waals surface area contributed by atoms with E-state index < -0.39 is 29.5 Å². The minimum atomic E-state index is -0.786. The van der Waals surface area contributed by atoms with Gasteiger partial charge in [-0.1, -0.05) is 38.5 Å². The summed E-state index contributed by atoms with van der Waals surface area (Å²) in [6.07, 6.45) is 4.31. The molecule has 0 saturated carbocycles. The van der Waals surface area contributed by atoms with Gasteiger partial charge in [-0.3, -0.25) is 14.9 Å². The Hall–Kier alpha value is -2.46. The second-order valence-corrected chi connectivity index (χ2v) is 10.4. The van der Waals surface area contributed by atoms with E-state index in [1.54, 1.807) is 0 Å². The number of anilines is 1. The van der Waals surface area contributed by atoms with E-state index in [-0.39, 0.29) is 17.4 Å². The molecule has 3 rings (SSSR count). The van der Waals surface area contributed by atoms with Crippen LogP contribution < -0.4 is 10.6 Å². The van der Waals surface area contributed by atoms with E-state index in [2.05, 4.69) is 39.6 Å². The van der Waals surface area contributed by atoms with Crippen LogP contribution in [0.2, 0.25) is 0 Å². The number of likely N-dealkylation sites (tertiary alicyclic amines) is 1. The van der Waals surface area contributed by atoms with Crippen LogP contribution in [0.1, 0.15) is 63.4 Å². The standard InChI is InChI=1S/C24H33F2N5O2S/c1-4-7-19(27-20(32)14-16-12-17(25)15-18(26)13-16)21(33)28-23-30-29-22(34-23)24(2,3)8-11-31-9-5-6-10-31/h12-13,15,19H,4-11,14H2,1-3H3,(H,27,32)(H,28,30,33). The number of amides is 2. The van der Waals surface area contributed by atoms with Crippen molar-refractivity contribution in [2.45, 2.75) is 70.8 Å². The molecule has 10 heteroatoms. The molecule has 0 radical (unpaired) electrons. The summed E-state index contributed by atoms with van der Waals surface area (Å²) in [5.41, 5.74) is 0.0381. The summed E-state index contributed by atoms with van der Waals surface area (Å²) >= 11 is 1.34. The van der Waals surface area contributed by atoms with Crippen molar-refractivity contribution in [3.63, 3.8) is 0 Å². The molecule has 0 spiro atoms. The fourth-order valence-corrected chi connectivity index (χ4v) is 4.87. The van der Waals surface area contributed by atoms with Crippen molar-refractivity contribution < 1.29 is 18.4 Å². The summed E-state index contributed by atoms with van der Waals surface area (Å²) in [6, 6.07) is 2.17. The minimum absolute atomic E-state index is 0.166. The van der Waals surface area contributed by atoms with Crippen LogP contribution in [0.15, 0.2) is 18.2 Å². The molecular weight excluding hydrogens is 460 g/mol. The Labute approximate surface area is 203 Å². The van der Waals surface area contributed by atoms with Gasteiger partial charge in [0.1, 0.15) is 22.7 Å². The van der Waals surface area contributed by atoms with Crippen molar-refractivity contribution in [1.29, 1.82) is 0 Å². The van der Waals surface area contributed by atoms with Crippen molar-refractivity contribution in [2.24, 2.45) is 0 Å². The average Bonchev–Trinajstić information content (AvgIpc) is 3.43. The molecule has 0 bridgehead atoms. The van der Waals surface area contributed by atoms with Gasteiger partial charge in [-0.2, -0.15) is 0 Å². The molecule has 1 saturated heterocycles. The third-order valence-corrected chi connectivity index (χ3v) is 7.21. The fraction of sp³-hybridized carbons (Fsp3) is 0.583. The molecule has 1 unspecified atom stereocenters. The summed E-state index contributed by atoms with van der Waals surface area (Å²) in [6.45, 7) is 9.46. The lowest BCUT2D eigenvalue weighted by molar-refractivity contribution is -0.126. The zero-order valence-electron chi connectivity index (χ0n) is 20.0. The summed E-state index contributed by atoms with van der Waals surface area (Å²) in [7, 11) is 0. The monoisotopic (exact) mass is 493 g/mol. The van der Waals surface area contributed by atoms with Crippen LogP contribution >= 0.6 is 11.3 Å². The van der Waals surface area contributed by atoms with Gasteiger partial charge in [-0.05, 0) is 63.0 Å². The Kier molecular flexibility index (Phi) is 9.07. The Morgan fingerprint density at radius 3 is 2.47 bits per heavy atom. The number of rotatable bonds is 11. The van der Waals surface area contributed by atoms with E-state index in [1.807, 2.05) is 6.92 Å². The fourth-order valence-electron chi connectivity index (χ4n) is 3.99. The molecule has 2 aromatic rings. The molecule has 1 fully saturated rings. The normalized spacial score (nSPS) is 15.3. The van der Waals surface area contributed by atoms with Crippen LogP contribution in [0, 0.1) is 11.6 Å². The maximum Gasteiger partial charge on any atom is 0.248 e. The molecule has 2 amide bonds. The second kappa shape index (κ2) is 11.8. The molecule has 1 atom stereocenters. The third kappa shape index (κ3) is 7.53. The average molecular weight is 494 g/mol. The molecule has 2 N–H and O–H groups in total. The molecule has 7 nitrogen and oxygen atoms in total. The van der Waals surface area contributed by atoms with Gasteiger partial charge in [-0.15, -0.1) is 10.2 Å².